The van der Waals surface area contributed by atoms with Gasteiger partial charge in [0.25, 0.3) is 5.91 Å². The maximum absolute atomic E-state index is 12.0. The summed E-state index contributed by atoms with van der Waals surface area (Å²) in [5.41, 5.74) is 0.830. The molecule has 0 aliphatic carbocycles. The maximum Gasteiger partial charge on any atom is 0.261 e. The SMILES string of the molecule is O=C(NCc1ccnc(N2CCCC2)n1)c1cc(Br)cs1. The van der Waals surface area contributed by atoms with Crippen molar-refractivity contribution in [3.05, 3.63) is 38.8 Å². The number of thiophene rings is 1. The number of aromatic nitrogens is 2. The van der Waals surface area contributed by atoms with E-state index in [0.717, 1.165) is 29.2 Å². The molecule has 0 aromatic carbocycles. The zero-order valence-corrected chi connectivity index (χ0v) is 13.8. The molecule has 0 spiro atoms. The van der Waals surface area contributed by atoms with Crippen LogP contribution in [-0.2, 0) is 6.54 Å². The third kappa shape index (κ3) is 3.59. The molecule has 1 fully saturated rings. The molecule has 1 aliphatic heterocycles. The summed E-state index contributed by atoms with van der Waals surface area (Å²) in [7, 11) is 0. The number of anilines is 1. The first-order valence-corrected chi connectivity index (χ1v) is 8.49. The van der Waals surface area contributed by atoms with Crippen molar-refractivity contribution in [3.8, 4) is 0 Å². The minimum Gasteiger partial charge on any atom is -0.346 e. The summed E-state index contributed by atoms with van der Waals surface area (Å²) < 4.78 is 0.927. The van der Waals surface area contributed by atoms with Crippen molar-refractivity contribution in [3.63, 3.8) is 0 Å². The highest BCUT2D eigenvalue weighted by Crippen LogP contribution is 2.19. The molecule has 110 valence electrons. The highest BCUT2D eigenvalue weighted by molar-refractivity contribution is 9.10. The van der Waals surface area contributed by atoms with Crippen molar-refractivity contribution in [2.45, 2.75) is 19.4 Å². The summed E-state index contributed by atoms with van der Waals surface area (Å²) in [6.07, 6.45) is 4.14. The average molecular weight is 367 g/mol. The second kappa shape index (κ2) is 6.53. The normalized spacial score (nSPS) is 14.4. The number of halogens is 1. The fourth-order valence-corrected chi connectivity index (χ4v) is 3.59. The zero-order valence-electron chi connectivity index (χ0n) is 11.4. The Morgan fingerprint density at radius 2 is 2.24 bits per heavy atom. The number of nitrogens with zero attached hydrogens (tertiary/aromatic N) is 3. The Bertz CT molecular complexity index is 639. The summed E-state index contributed by atoms with van der Waals surface area (Å²) in [5.74, 6) is 0.685. The first kappa shape index (κ1) is 14.5. The highest BCUT2D eigenvalue weighted by atomic mass is 79.9. The van der Waals surface area contributed by atoms with Gasteiger partial charge in [-0.1, -0.05) is 0 Å². The van der Waals surface area contributed by atoms with Crippen LogP contribution < -0.4 is 10.2 Å². The molecule has 1 aliphatic rings. The zero-order chi connectivity index (χ0) is 14.7. The Morgan fingerprint density at radius 1 is 1.43 bits per heavy atom. The molecule has 1 saturated heterocycles. The molecule has 2 aromatic heterocycles. The molecule has 5 nitrogen and oxygen atoms in total. The van der Waals surface area contributed by atoms with Crippen LogP contribution >= 0.6 is 27.3 Å². The Labute approximate surface area is 135 Å². The number of hydrogen-bond acceptors (Lipinski definition) is 5. The molecule has 7 heteroatoms. The molecular formula is C14H15BrN4OS. The fourth-order valence-electron chi connectivity index (χ4n) is 2.24. The van der Waals surface area contributed by atoms with Crippen molar-refractivity contribution in [2.24, 2.45) is 0 Å². The Kier molecular flexibility index (Phi) is 4.50. The van der Waals surface area contributed by atoms with Crippen LogP contribution in [0.4, 0.5) is 5.95 Å². The van der Waals surface area contributed by atoms with E-state index in [1.165, 1.54) is 24.2 Å². The van der Waals surface area contributed by atoms with Crippen LogP contribution in [0.2, 0.25) is 0 Å². The third-order valence-corrected chi connectivity index (χ3v) is 5.00. The van der Waals surface area contributed by atoms with Crippen LogP contribution in [0, 0.1) is 0 Å². The van der Waals surface area contributed by atoms with Gasteiger partial charge >= 0.3 is 0 Å². The van der Waals surface area contributed by atoms with Crippen LogP contribution in [0.1, 0.15) is 28.2 Å². The average Bonchev–Trinajstić information content (AvgIpc) is 3.16. The van der Waals surface area contributed by atoms with Crippen molar-refractivity contribution >= 4 is 39.1 Å². The van der Waals surface area contributed by atoms with E-state index >= 15 is 0 Å². The summed E-state index contributed by atoms with van der Waals surface area (Å²) in [6.45, 7) is 2.44. The van der Waals surface area contributed by atoms with Crippen LogP contribution in [0.3, 0.4) is 0 Å². The van der Waals surface area contributed by atoms with Crippen LogP contribution in [-0.4, -0.2) is 29.0 Å². The van der Waals surface area contributed by atoms with Gasteiger partial charge in [-0.05, 0) is 40.9 Å². The maximum atomic E-state index is 12.0. The molecule has 0 unspecified atom stereocenters. The summed E-state index contributed by atoms with van der Waals surface area (Å²) in [4.78, 5) is 23.7. The standard InChI is InChI=1S/C14H15BrN4OS/c15-10-7-12(21-9-10)13(20)17-8-11-3-4-16-14(18-11)19-5-1-2-6-19/h3-4,7,9H,1-2,5-6,8H2,(H,17,20). The van der Waals surface area contributed by atoms with Crippen molar-refractivity contribution in [2.75, 3.05) is 18.0 Å². The van der Waals surface area contributed by atoms with Gasteiger partial charge in [-0.25, -0.2) is 9.97 Å². The number of hydrogen-bond donors (Lipinski definition) is 1. The van der Waals surface area contributed by atoms with Crippen molar-refractivity contribution < 1.29 is 4.79 Å². The van der Waals surface area contributed by atoms with E-state index in [-0.39, 0.29) is 5.91 Å². The van der Waals surface area contributed by atoms with E-state index in [9.17, 15) is 4.79 Å². The molecule has 3 rings (SSSR count). The Balaban J connectivity index is 1.62. The van der Waals surface area contributed by atoms with Crippen molar-refractivity contribution in [1.82, 2.24) is 15.3 Å². The number of amides is 1. The molecule has 21 heavy (non-hydrogen) atoms. The van der Waals surface area contributed by atoms with Gasteiger partial charge in [0, 0.05) is 29.1 Å². The van der Waals surface area contributed by atoms with E-state index in [1.807, 2.05) is 17.5 Å². The third-order valence-electron chi connectivity index (χ3n) is 3.31. The quantitative estimate of drug-likeness (QED) is 0.903. The second-order valence-corrected chi connectivity index (χ2v) is 6.68. The Morgan fingerprint density at radius 3 is 2.95 bits per heavy atom. The lowest BCUT2D eigenvalue weighted by molar-refractivity contribution is 0.0954. The molecule has 0 radical (unpaired) electrons. The monoisotopic (exact) mass is 366 g/mol. The van der Waals surface area contributed by atoms with E-state index < -0.39 is 0 Å². The molecule has 0 bridgehead atoms. The summed E-state index contributed by atoms with van der Waals surface area (Å²) in [6, 6.07) is 3.65. The lowest BCUT2D eigenvalue weighted by Gasteiger charge is -2.15. The molecule has 3 heterocycles. The second-order valence-electron chi connectivity index (χ2n) is 4.85. The number of carbonyl (C=O) groups is 1. The van der Waals surface area contributed by atoms with E-state index in [1.54, 1.807) is 6.20 Å². The van der Waals surface area contributed by atoms with E-state index in [4.69, 9.17) is 0 Å². The predicted octanol–water partition coefficient (Wildman–Crippen LogP) is 2.83. The molecule has 2 aromatic rings. The van der Waals surface area contributed by atoms with Gasteiger partial charge in [0.2, 0.25) is 5.95 Å². The minimum atomic E-state index is -0.0768. The van der Waals surface area contributed by atoms with Gasteiger partial charge in [-0.2, -0.15) is 0 Å². The number of carbonyl (C=O) groups excluding carboxylic acids is 1. The molecule has 1 N–H and O–H groups in total. The van der Waals surface area contributed by atoms with Gasteiger partial charge < -0.3 is 10.2 Å². The molecule has 0 atom stereocenters. The molecular weight excluding hydrogens is 352 g/mol. The van der Waals surface area contributed by atoms with E-state index in [2.05, 4.69) is 36.1 Å². The van der Waals surface area contributed by atoms with Gasteiger partial charge in [-0.15, -0.1) is 11.3 Å². The van der Waals surface area contributed by atoms with Crippen LogP contribution in [0.25, 0.3) is 0 Å². The summed E-state index contributed by atoms with van der Waals surface area (Å²) in [5, 5.41) is 4.78. The van der Waals surface area contributed by atoms with E-state index in [0.29, 0.717) is 11.4 Å². The molecule has 1 amide bonds. The van der Waals surface area contributed by atoms with Crippen LogP contribution in [0.15, 0.2) is 28.2 Å². The van der Waals surface area contributed by atoms with Crippen LogP contribution in [0.5, 0.6) is 0 Å². The predicted molar refractivity (Wildman–Crippen MR) is 86.7 cm³/mol. The molecule has 0 saturated carbocycles. The smallest absolute Gasteiger partial charge is 0.261 e. The van der Waals surface area contributed by atoms with Gasteiger partial charge in [0.15, 0.2) is 0 Å². The first-order valence-electron chi connectivity index (χ1n) is 6.81. The van der Waals surface area contributed by atoms with Gasteiger partial charge in [0.1, 0.15) is 0 Å². The number of rotatable bonds is 4. The van der Waals surface area contributed by atoms with Gasteiger partial charge in [-0.3, -0.25) is 4.79 Å². The van der Waals surface area contributed by atoms with Crippen molar-refractivity contribution in [1.29, 1.82) is 0 Å². The largest absolute Gasteiger partial charge is 0.346 e. The summed E-state index contributed by atoms with van der Waals surface area (Å²) >= 11 is 4.76. The lowest BCUT2D eigenvalue weighted by Crippen LogP contribution is -2.24. The fraction of sp³-hybridized carbons (Fsp3) is 0.357. The minimum absolute atomic E-state index is 0.0768. The van der Waals surface area contributed by atoms with Gasteiger partial charge in [0.05, 0.1) is 17.1 Å². The highest BCUT2D eigenvalue weighted by Gasteiger charge is 2.15. The lowest BCUT2D eigenvalue weighted by atomic mass is 10.3. The topological polar surface area (TPSA) is 58.1 Å². The number of nitrogens with one attached hydrogen (secondary N) is 1. The Hall–Kier alpha value is -1.47. The first-order chi connectivity index (χ1) is 10.2.